The first-order valence-electron chi connectivity index (χ1n) is 6.28. The fourth-order valence-corrected chi connectivity index (χ4v) is 3.45. The lowest BCUT2D eigenvalue weighted by molar-refractivity contribution is -0.139. The van der Waals surface area contributed by atoms with Crippen LogP contribution in [0.5, 0.6) is 0 Å². The van der Waals surface area contributed by atoms with Gasteiger partial charge in [0.25, 0.3) is 0 Å². The third kappa shape index (κ3) is 4.42. The number of sulfonamides is 1. The lowest BCUT2D eigenvalue weighted by atomic mass is 9.88. The van der Waals surface area contributed by atoms with Crippen LogP contribution in [0.3, 0.4) is 0 Å². The van der Waals surface area contributed by atoms with Crippen LogP contribution in [0.4, 0.5) is 13.2 Å². The molecule has 0 aliphatic carbocycles. The van der Waals surface area contributed by atoms with Crippen molar-refractivity contribution in [2.75, 3.05) is 6.54 Å². The van der Waals surface area contributed by atoms with E-state index in [1.807, 2.05) is 0 Å². The topological polar surface area (TPSA) is 72.2 Å². The van der Waals surface area contributed by atoms with Gasteiger partial charge in [-0.1, -0.05) is 32.9 Å². The molecule has 0 radical (unpaired) electrons. The molecule has 0 bridgehead atoms. The molecule has 0 aliphatic heterocycles. The zero-order chi connectivity index (χ0) is 16.5. The Balaban J connectivity index is 3.27. The minimum absolute atomic E-state index is 0.0169. The van der Waals surface area contributed by atoms with Crippen molar-refractivity contribution in [1.82, 2.24) is 4.72 Å². The molecule has 120 valence electrons. The highest BCUT2D eigenvalue weighted by Crippen LogP contribution is 2.34. The largest absolute Gasteiger partial charge is 0.417 e. The lowest BCUT2D eigenvalue weighted by Gasteiger charge is -2.30. The first-order chi connectivity index (χ1) is 9.39. The third-order valence-electron chi connectivity index (χ3n) is 3.06. The summed E-state index contributed by atoms with van der Waals surface area (Å²) in [5.74, 6) is 0. The van der Waals surface area contributed by atoms with E-state index in [1.165, 1.54) is 6.07 Å². The molecule has 1 aromatic carbocycles. The molecule has 0 aromatic heterocycles. The highest BCUT2D eigenvalue weighted by Gasteiger charge is 2.38. The maximum absolute atomic E-state index is 12.9. The number of nitrogens with one attached hydrogen (secondary N) is 1. The van der Waals surface area contributed by atoms with Crippen molar-refractivity contribution < 1.29 is 21.6 Å². The molecule has 0 amide bonds. The number of rotatable bonds is 4. The Morgan fingerprint density at radius 1 is 1.19 bits per heavy atom. The number of benzene rings is 1. The molecule has 0 saturated heterocycles. The maximum atomic E-state index is 12.9. The number of nitrogens with two attached hydrogens (primary N) is 1. The summed E-state index contributed by atoms with van der Waals surface area (Å²) in [6.07, 6.45) is -4.74. The fraction of sp³-hybridized carbons (Fsp3) is 0.538. The van der Waals surface area contributed by atoms with Crippen molar-refractivity contribution in [3.63, 3.8) is 0 Å². The quantitative estimate of drug-likeness (QED) is 0.893. The number of hydrogen-bond donors (Lipinski definition) is 2. The molecule has 1 aromatic rings. The van der Waals surface area contributed by atoms with E-state index in [0.717, 1.165) is 18.2 Å². The van der Waals surface area contributed by atoms with Crippen molar-refractivity contribution in [3.05, 3.63) is 29.8 Å². The van der Waals surface area contributed by atoms with E-state index >= 15 is 0 Å². The van der Waals surface area contributed by atoms with Crippen LogP contribution in [-0.2, 0) is 16.2 Å². The summed E-state index contributed by atoms with van der Waals surface area (Å²) in [5, 5.41) is 0. The molecule has 0 aliphatic rings. The van der Waals surface area contributed by atoms with E-state index in [1.54, 1.807) is 20.8 Å². The predicted octanol–water partition coefficient (Wildman–Crippen LogP) is 2.36. The zero-order valence-corrected chi connectivity index (χ0v) is 12.8. The summed E-state index contributed by atoms with van der Waals surface area (Å²) in [5.41, 5.74) is 3.81. The summed E-state index contributed by atoms with van der Waals surface area (Å²) < 4.78 is 65.5. The van der Waals surface area contributed by atoms with E-state index in [4.69, 9.17) is 5.73 Å². The monoisotopic (exact) mass is 324 g/mol. The van der Waals surface area contributed by atoms with Gasteiger partial charge in [0.1, 0.15) is 0 Å². The third-order valence-corrected chi connectivity index (χ3v) is 4.59. The van der Waals surface area contributed by atoms with E-state index in [0.29, 0.717) is 0 Å². The highest BCUT2D eigenvalue weighted by molar-refractivity contribution is 7.89. The van der Waals surface area contributed by atoms with Gasteiger partial charge in [0.2, 0.25) is 10.0 Å². The van der Waals surface area contributed by atoms with Gasteiger partial charge in [0, 0.05) is 12.6 Å². The van der Waals surface area contributed by atoms with Crippen molar-refractivity contribution in [2.45, 2.75) is 37.9 Å². The maximum Gasteiger partial charge on any atom is 0.417 e. The van der Waals surface area contributed by atoms with Gasteiger partial charge in [-0.05, 0) is 17.5 Å². The van der Waals surface area contributed by atoms with Crippen LogP contribution in [0.15, 0.2) is 29.2 Å². The highest BCUT2D eigenvalue weighted by atomic mass is 32.2. The first kappa shape index (κ1) is 17.9. The van der Waals surface area contributed by atoms with Gasteiger partial charge in [0.15, 0.2) is 0 Å². The van der Waals surface area contributed by atoms with E-state index in [9.17, 15) is 21.6 Å². The van der Waals surface area contributed by atoms with Crippen molar-refractivity contribution in [3.8, 4) is 0 Å². The smallest absolute Gasteiger partial charge is 0.329 e. The Morgan fingerprint density at radius 2 is 1.71 bits per heavy atom. The molecule has 21 heavy (non-hydrogen) atoms. The van der Waals surface area contributed by atoms with Crippen molar-refractivity contribution in [1.29, 1.82) is 0 Å². The molecule has 1 unspecified atom stereocenters. The van der Waals surface area contributed by atoms with Gasteiger partial charge in [-0.3, -0.25) is 0 Å². The van der Waals surface area contributed by atoms with Crippen LogP contribution in [0.1, 0.15) is 26.3 Å². The molecular weight excluding hydrogens is 305 g/mol. The second-order valence-corrected chi connectivity index (χ2v) is 7.45. The summed E-state index contributed by atoms with van der Waals surface area (Å²) in [7, 11) is -4.32. The van der Waals surface area contributed by atoms with Gasteiger partial charge in [0.05, 0.1) is 10.5 Å². The van der Waals surface area contributed by atoms with Gasteiger partial charge < -0.3 is 5.73 Å². The molecule has 0 spiro atoms. The average Bonchev–Trinajstić information content (AvgIpc) is 2.33. The Hall–Kier alpha value is -1.12. The van der Waals surface area contributed by atoms with Gasteiger partial charge in [-0.15, -0.1) is 0 Å². The van der Waals surface area contributed by atoms with Crippen LogP contribution in [-0.4, -0.2) is 21.0 Å². The summed E-state index contributed by atoms with van der Waals surface area (Å²) in [6, 6.07) is 3.39. The Labute approximate surface area is 122 Å². The summed E-state index contributed by atoms with van der Waals surface area (Å²) in [6.45, 7) is 5.24. The standard InChI is InChI=1S/C13H19F3N2O2S/c1-12(2,3)11(8-17)18-21(19,20)10-7-5-4-6-9(10)13(14,15)16/h4-7,11,18H,8,17H2,1-3H3. The number of hydrogen-bond acceptors (Lipinski definition) is 3. The number of halogens is 3. The van der Waals surface area contributed by atoms with E-state index in [2.05, 4.69) is 4.72 Å². The SMILES string of the molecule is CC(C)(C)C(CN)NS(=O)(=O)c1ccccc1C(F)(F)F. The molecule has 0 saturated carbocycles. The van der Waals surface area contributed by atoms with E-state index < -0.39 is 38.1 Å². The summed E-state index contributed by atoms with van der Waals surface area (Å²) >= 11 is 0. The molecule has 4 nitrogen and oxygen atoms in total. The van der Waals surface area contributed by atoms with Crippen molar-refractivity contribution >= 4 is 10.0 Å². The Bertz CT molecular complexity index is 592. The van der Waals surface area contributed by atoms with Gasteiger partial charge in [-0.2, -0.15) is 13.2 Å². The minimum atomic E-state index is -4.74. The molecule has 0 heterocycles. The Kier molecular flexibility index (Phi) is 5.07. The van der Waals surface area contributed by atoms with Gasteiger partial charge >= 0.3 is 6.18 Å². The summed E-state index contributed by atoms with van der Waals surface area (Å²) in [4.78, 5) is -0.791. The van der Waals surface area contributed by atoms with Crippen LogP contribution in [0.25, 0.3) is 0 Å². The normalized spacial score (nSPS) is 15.0. The second kappa shape index (κ2) is 5.94. The van der Waals surface area contributed by atoms with E-state index in [-0.39, 0.29) is 6.54 Å². The van der Waals surface area contributed by atoms with Crippen LogP contribution in [0.2, 0.25) is 0 Å². The first-order valence-corrected chi connectivity index (χ1v) is 7.76. The fourth-order valence-electron chi connectivity index (χ4n) is 1.76. The molecule has 1 atom stereocenters. The van der Waals surface area contributed by atoms with Crippen LogP contribution < -0.4 is 10.5 Å². The van der Waals surface area contributed by atoms with Crippen LogP contribution in [0, 0.1) is 5.41 Å². The lowest BCUT2D eigenvalue weighted by Crippen LogP contribution is -2.48. The zero-order valence-electron chi connectivity index (χ0n) is 12.0. The van der Waals surface area contributed by atoms with Crippen molar-refractivity contribution in [2.24, 2.45) is 11.1 Å². The Morgan fingerprint density at radius 3 is 2.14 bits per heavy atom. The molecule has 8 heteroatoms. The average molecular weight is 324 g/mol. The molecule has 0 fully saturated rings. The van der Waals surface area contributed by atoms with Crippen LogP contribution >= 0.6 is 0 Å². The molecular formula is C13H19F3N2O2S. The molecule has 3 N–H and O–H groups in total. The second-order valence-electron chi connectivity index (χ2n) is 5.77. The van der Waals surface area contributed by atoms with Gasteiger partial charge in [-0.25, -0.2) is 13.1 Å². The number of alkyl halides is 3. The predicted molar refractivity (Wildman–Crippen MR) is 74.1 cm³/mol. The minimum Gasteiger partial charge on any atom is -0.329 e. The molecule has 1 rings (SSSR count).